The average Bonchev–Trinajstić information content (AvgIpc) is 2.52. The molecule has 0 unspecified atom stereocenters. The number of hydrogen-bond acceptors (Lipinski definition) is 5. The maximum Gasteiger partial charge on any atom is 0.227 e. The molecule has 2 rings (SSSR count). The van der Waals surface area contributed by atoms with Crippen molar-refractivity contribution in [3.05, 3.63) is 35.5 Å². The number of benzene rings is 1. The number of hydrogen-bond donors (Lipinski definition) is 1. The van der Waals surface area contributed by atoms with Crippen LogP contribution >= 0.6 is 0 Å². The molecule has 2 aromatic rings. The van der Waals surface area contributed by atoms with Gasteiger partial charge < -0.3 is 15.0 Å². The van der Waals surface area contributed by atoms with Crippen molar-refractivity contribution in [2.24, 2.45) is 0 Å². The van der Waals surface area contributed by atoms with Crippen LogP contribution in [0, 0.1) is 13.8 Å². The Morgan fingerprint density at radius 1 is 1.17 bits per heavy atom. The Bertz CT molecular complexity index is 657. The van der Waals surface area contributed by atoms with Gasteiger partial charge in [0.05, 0.1) is 12.8 Å². The molecule has 0 spiro atoms. The third-order valence-electron chi connectivity index (χ3n) is 3.65. The summed E-state index contributed by atoms with van der Waals surface area (Å²) in [6.07, 6.45) is 2.28. The second-order valence-electron chi connectivity index (χ2n) is 5.80. The second-order valence-corrected chi connectivity index (χ2v) is 5.80. The van der Waals surface area contributed by atoms with Gasteiger partial charge in [-0.1, -0.05) is 19.4 Å². The number of aryl methyl sites for hydroxylation is 2. The zero-order chi connectivity index (χ0) is 16.8. The van der Waals surface area contributed by atoms with E-state index in [0.717, 1.165) is 48.3 Å². The Morgan fingerprint density at radius 2 is 1.96 bits per heavy atom. The number of nitrogens with one attached hydrogen (secondary N) is 1. The van der Waals surface area contributed by atoms with E-state index in [1.54, 1.807) is 7.11 Å². The molecule has 1 heterocycles. The molecule has 0 bridgehead atoms. The number of anilines is 3. The molecule has 0 saturated heterocycles. The van der Waals surface area contributed by atoms with Crippen LogP contribution in [0.15, 0.2) is 24.3 Å². The fourth-order valence-electron chi connectivity index (χ4n) is 2.34. The van der Waals surface area contributed by atoms with Crippen LogP contribution in [0.25, 0.3) is 0 Å². The highest BCUT2D eigenvalue weighted by Gasteiger charge is 2.09. The normalized spacial score (nSPS) is 10.5. The van der Waals surface area contributed by atoms with Crippen molar-refractivity contribution in [3.63, 3.8) is 0 Å². The van der Waals surface area contributed by atoms with Crippen LogP contribution in [0.3, 0.4) is 0 Å². The number of aromatic nitrogens is 2. The Labute approximate surface area is 138 Å². The van der Waals surface area contributed by atoms with Crippen LogP contribution in [0.5, 0.6) is 5.75 Å². The molecule has 1 aromatic heterocycles. The molecule has 0 saturated carbocycles. The van der Waals surface area contributed by atoms with E-state index in [1.165, 1.54) is 5.56 Å². The predicted molar refractivity (Wildman–Crippen MR) is 96.0 cm³/mol. The summed E-state index contributed by atoms with van der Waals surface area (Å²) in [6.45, 7) is 7.17. The first-order valence-electron chi connectivity index (χ1n) is 8.02. The van der Waals surface area contributed by atoms with Gasteiger partial charge in [-0.25, -0.2) is 4.98 Å². The van der Waals surface area contributed by atoms with Crippen LogP contribution in [0.2, 0.25) is 0 Å². The minimum atomic E-state index is 0.743. The monoisotopic (exact) mass is 314 g/mol. The summed E-state index contributed by atoms with van der Waals surface area (Å²) in [5, 5.41) is 3.35. The van der Waals surface area contributed by atoms with Crippen molar-refractivity contribution >= 4 is 17.5 Å². The molecular formula is C18H26N4O. The lowest BCUT2D eigenvalue weighted by atomic mass is 10.2. The van der Waals surface area contributed by atoms with Crippen LogP contribution < -0.4 is 15.0 Å². The van der Waals surface area contributed by atoms with E-state index in [1.807, 2.05) is 32.2 Å². The van der Waals surface area contributed by atoms with Crippen molar-refractivity contribution in [1.82, 2.24) is 9.97 Å². The minimum absolute atomic E-state index is 0.743. The van der Waals surface area contributed by atoms with Gasteiger partial charge in [0, 0.05) is 25.4 Å². The quantitative estimate of drug-likeness (QED) is 0.834. The van der Waals surface area contributed by atoms with Crippen molar-refractivity contribution < 1.29 is 4.74 Å². The molecule has 1 aromatic carbocycles. The minimum Gasteiger partial charge on any atom is -0.495 e. The van der Waals surface area contributed by atoms with Crippen LogP contribution in [0.4, 0.5) is 17.5 Å². The Morgan fingerprint density at radius 3 is 2.65 bits per heavy atom. The topological polar surface area (TPSA) is 50.3 Å². The molecule has 0 aliphatic heterocycles. The maximum atomic E-state index is 5.42. The van der Waals surface area contributed by atoms with Crippen molar-refractivity contribution in [2.75, 3.05) is 30.9 Å². The van der Waals surface area contributed by atoms with E-state index in [-0.39, 0.29) is 0 Å². The highest BCUT2D eigenvalue weighted by Crippen LogP contribution is 2.28. The van der Waals surface area contributed by atoms with E-state index < -0.39 is 0 Å². The summed E-state index contributed by atoms with van der Waals surface area (Å²) >= 11 is 0. The first kappa shape index (κ1) is 17.1. The molecule has 0 fully saturated rings. The van der Waals surface area contributed by atoms with E-state index in [4.69, 9.17) is 4.74 Å². The van der Waals surface area contributed by atoms with E-state index in [0.29, 0.717) is 0 Å². The largest absolute Gasteiger partial charge is 0.495 e. The van der Waals surface area contributed by atoms with Crippen molar-refractivity contribution in [2.45, 2.75) is 33.6 Å². The number of methoxy groups -OCH3 is 1. The second kappa shape index (κ2) is 7.81. The van der Waals surface area contributed by atoms with Crippen LogP contribution in [0.1, 0.15) is 31.0 Å². The molecular weight excluding hydrogens is 288 g/mol. The van der Waals surface area contributed by atoms with E-state index in [9.17, 15) is 0 Å². The first-order valence-corrected chi connectivity index (χ1v) is 8.02. The van der Waals surface area contributed by atoms with Gasteiger partial charge >= 0.3 is 0 Å². The summed E-state index contributed by atoms with van der Waals surface area (Å²) in [5.41, 5.74) is 3.01. The average molecular weight is 314 g/mol. The van der Waals surface area contributed by atoms with Gasteiger partial charge in [-0.2, -0.15) is 4.98 Å². The lowest BCUT2D eigenvalue weighted by Crippen LogP contribution is -2.21. The maximum absolute atomic E-state index is 5.42. The van der Waals surface area contributed by atoms with Gasteiger partial charge in [-0.05, 0) is 38.0 Å². The van der Waals surface area contributed by atoms with Gasteiger partial charge in [0.2, 0.25) is 5.95 Å². The summed E-state index contributed by atoms with van der Waals surface area (Å²) in [5.74, 6) is 2.32. The smallest absolute Gasteiger partial charge is 0.227 e. The summed E-state index contributed by atoms with van der Waals surface area (Å²) < 4.78 is 5.42. The third-order valence-corrected chi connectivity index (χ3v) is 3.65. The van der Waals surface area contributed by atoms with Gasteiger partial charge in [-0.15, -0.1) is 0 Å². The molecule has 0 amide bonds. The molecule has 5 nitrogen and oxygen atoms in total. The van der Waals surface area contributed by atoms with Crippen molar-refractivity contribution in [1.29, 1.82) is 0 Å². The Hall–Kier alpha value is -2.30. The van der Waals surface area contributed by atoms with Crippen LogP contribution in [-0.4, -0.2) is 30.7 Å². The lowest BCUT2D eigenvalue weighted by molar-refractivity contribution is 0.416. The molecule has 0 atom stereocenters. The summed E-state index contributed by atoms with van der Waals surface area (Å²) in [4.78, 5) is 11.3. The van der Waals surface area contributed by atoms with Gasteiger partial charge in [-0.3, -0.25) is 0 Å². The van der Waals surface area contributed by atoms with Gasteiger partial charge in [0.1, 0.15) is 11.6 Å². The standard InChI is InChI=1S/C18H26N4O/c1-6-7-10-22(4)18-19-14(3)12-17(21-18)20-15-11-13(2)8-9-16(15)23-5/h8-9,11-12H,6-7,10H2,1-5H3,(H,19,20,21). The fourth-order valence-corrected chi connectivity index (χ4v) is 2.34. The number of rotatable bonds is 7. The third kappa shape index (κ3) is 4.58. The molecule has 0 aliphatic carbocycles. The summed E-state index contributed by atoms with van der Waals surface area (Å²) in [6, 6.07) is 7.98. The molecule has 0 radical (unpaired) electrons. The van der Waals surface area contributed by atoms with Crippen LogP contribution in [-0.2, 0) is 0 Å². The first-order chi connectivity index (χ1) is 11.0. The lowest BCUT2D eigenvalue weighted by Gasteiger charge is -2.18. The molecule has 1 N–H and O–H groups in total. The fraction of sp³-hybridized carbons (Fsp3) is 0.444. The predicted octanol–water partition coefficient (Wildman–Crippen LogP) is 4.08. The molecule has 23 heavy (non-hydrogen) atoms. The number of unbranched alkanes of at least 4 members (excludes halogenated alkanes) is 1. The van der Waals surface area contributed by atoms with E-state index >= 15 is 0 Å². The van der Waals surface area contributed by atoms with Crippen molar-refractivity contribution in [3.8, 4) is 5.75 Å². The number of ether oxygens (including phenoxy) is 1. The van der Waals surface area contributed by atoms with Gasteiger partial charge in [0.25, 0.3) is 0 Å². The highest BCUT2D eigenvalue weighted by atomic mass is 16.5. The van der Waals surface area contributed by atoms with Gasteiger partial charge in [0.15, 0.2) is 0 Å². The van der Waals surface area contributed by atoms with E-state index in [2.05, 4.69) is 40.1 Å². The summed E-state index contributed by atoms with van der Waals surface area (Å²) in [7, 11) is 3.70. The highest BCUT2D eigenvalue weighted by molar-refractivity contribution is 5.65. The number of nitrogens with zero attached hydrogens (tertiary/aromatic N) is 3. The SMILES string of the molecule is CCCCN(C)c1nc(C)cc(Nc2cc(C)ccc2OC)n1. The zero-order valence-corrected chi connectivity index (χ0v) is 14.7. The molecule has 0 aliphatic rings. The zero-order valence-electron chi connectivity index (χ0n) is 14.7. The molecule has 124 valence electrons. The Kier molecular flexibility index (Phi) is 5.79. The molecule has 5 heteroatoms. The Balaban J connectivity index is 2.26.